The van der Waals surface area contributed by atoms with Crippen molar-refractivity contribution in [1.29, 1.82) is 0 Å². The van der Waals surface area contributed by atoms with Crippen molar-refractivity contribution >= 4 is 28.7 Å². The van der Waals surface area contributed by atoms with Crippen LogP contribution in [0.3, 0.4) is 0 Å². The zero-order chi connectivity index (χ0) is 14.9. The summed E-state index contributed by atoms with van der Waals surface area (Å²) in [7, 11) is 1.99. The van der Waals surface area contributed by atoms with Gasteiger partial charge in [0.25, 0.3) is 0 Å². The van der Waals surface area contributed by atoms with Crippen LogP contribution in [-0.2, 0) is 11.8 Å². The fourth-order valence-electron chi connectivity index (χ4n) is 2.45. The van der Waals surface area contributed by atoms with Crippen molar-refractivity contribution in [3.8, 4) is 0 Å². The van der Waals surface area contributed by atoms with Gasteiger partial charge in [-0.15, -0.1) is 0 Å². The Morgan fingerprint density at radius 2 is 2.15 bits per heavy atom. The van der Waals surface area contributed by atoms with Gasteiger partial charge in [-0.2, -0.15) is 0 Å². The molecule has 2 heterocycles. The Morgan fingerprint density at radius 3 is 2.70 bits per heavy atom. The monoisotopic (exact) mass is 391 g/mol. The minimum atomic E-state index is -0.463. The van der Waals surface area contributed by atoms with Gasteiger partial charge in [0.05, 0.1) is 15.9 Å². The topological polar surface area (TPSA) is 47.4 Å². The third kappa shape index (κ3) is 3.45. The lowest BCUT2D eigenvalue weighted by Crippen LogP contribution is -2.42. The smallest absolute Gasteiger partial charge is 0.410 e. The quantitative estimate of drug-likeness (QED) is 0.689. The summed E-state index contributed by atoms with van der Waals surface area (Å²) in [6.07, 6.45) is 4.70. The molecule has 1 aliphatic heterocycles. The lowest BCUT2D eigenvalue weighted by molar-refractivity contribution is 0.00813. The van der Waals surface area contributed by atoms with Gasteiger partial charge in [-0.05, 0) is 62.6 Å². The number of carbonyl (C=O) groups excluding carboxylic acids is 1. The molecule has 0 N–H and O–H groups in total. The van der Waals surface area contributed by atoms with Gasteiger partial charge < -0.3 is 9.30 Å². The molecule has 1 atom stereocenters. The molecule has 20 heavy (non-hydrogen) atoms. The van der Waals surface area contributed by atoms with Crippen molar-refractivity contribution < 1.29 is 9.53 Å². The molecule has 0 spiro atoms. The summed E-state index contributed by atoms with van der Waals surface area (Å²) in [4.78, 5) is 18.7. The number of imidazole rings is 1. The lowest BCUT2D eigenvalue weighted by atomic mass is 10.0. The van der Waals surface area contributed by atoms with Crippen molar-refractivity contribution in [3.63, 3.8) is 0 Å². The van der Waals surface area contributed by atoms with Gasteiger partial charge in [0.15, 0.2) is 0 Å². The maximum atomic E-state index is 12.4. The molecule has 1 saturated heterocycles. The van der Waals surface area contributed by atoms with E-state index in [1.54, 1.807) is 0 Å². The number of piperidine rings is 1. The van der Waals surface area contributed by atoms with Crippen LogP contribution in [0.5, 0.6) is 0 Å². The first kappa shape index (κ1) is 15.6. The molecule has 2 rings (SSSR count). The summed E-state index contributed by atoms with van der Waals surface area (Å²) in [5.74, 6) is 0.944. The van der Waals surface area contributed by atoms with E-state index in [0.717, 1.165) is 35.3 Å². The average molecular weight is 391 g/mol. The Hall–Kier alpha value is -0.790. The highest BCUT2D eigenvalue weighted by molar-refractivity contribution is 14.1. The van der Waals surface area contributed by atoms with Crippen LogP contribution < -0.4 is 0 Å². The van der Waals surface area contributed by atoms with Crippen LogP contribution >= 0.6 is 22.6 Å². The van der Waals surface area contributed by atoms with Gasteiger partial charge >= 0.3 is 6.09 Å². The maximum absolute atomic E-state index is 12.4. The molecule has 1 aromatic heterocycles. The molecule has 0 aromatic carbocycles. The first-order valence-electron chi connectivity index (χ1n) is 6.96. The normalized spacial score (nSPS) is 20.1. The van der Waals surface area contributed by atoms with Crippen molar-refractivity contribution in [2.45, 2.75) is 51.7 Å². The number of carbonyl (C=O) groups is 1. The summed E-state index contributed by atoms with van der Waals surface area (Å²) in [5.41, 5.74) is -0.463. The van der Waals surface area contributed by atoms with E-state index in [9.17, 15) is 4.79 Å². The maximum Gasteiger partial charge on any atom is 0.410 e. The second kappa shape index (κ2) is 5.91. The van der Waals surface area contributed by atoms with Crippen LogP contribution in [0.25, 0.3) is 0 Å². The summed E-state index contributed by atoms with van der Waals surface area (Å²) in [5, 5.41) is 0. The molecule has 6 heteroatoms. The van der Waals surface area contributed by atoms with E-state index in [1.165, 1.54) is 0 Å². The molecule has 0 saturated carbocycles. The highest BCUT2D eigenvalue weighted by Crippen LogP contribution is 2.31. The van der Waals surface area contributed by atoms with Crippen LogP contribution in [0.2, 0.25) is 0 Å². The first-order chi connectivity index (χ1) is 9.29. The number of halogens is 1. The first-order valence-corrected chi connectivity index (χ1v) is 8.04. The zero-order valence-corrected chi connectivity index (χ0v) is 14.7. The predicted octanol–water partition coefficient (Wildman–Crippen LogP) is 3.49. The Balaban J connectivity index is 2.21. The molecule has 0 bridgehead atoms. The van der Waals surface area contributed by atoms with Crippen LogP contribution in [-0.4, -0.2) is 32.7 Å². The standard InChI is InChI=1S/C14H22IN3O2/c1-14(2,3)20-13(19)18-8-6-5-7-10(18)12-16-9-11(15)17(12)4/h9-10H,5-8H2,1-4H3. The SMILES string of the molecule is Cn1c(I)cnc1C1CCCCN1C(=O)OC(C)(C)C. The van der Waals surface area contributed by atoms with Crippen molar-refractivity contribution in [2.75, 3.05) is 6.54 Å². The predicted molar refractivity (Wildman–Crippen MR) is 85.5 cm³/mol. The number of hydrogen-bond donors (Lipinski definition) is 0. The second-order valence-corrected chi connectivity index (χ2v) is 7.29. The molecule has 0 radical (unpaired) electrons. The minimum absolute atomic E-state index is 0.0205. The Kier molecular flexibility index (Phi) is 4.61. The molecule has 1 fully saturated rings. The van der Waals surface area contributed by atoms with Crippen LogP contribution in [0, 0.1) is 3.70 Å². The van der Waals surface area contributed by atoms with Gasteiger partial charge in [0.1, 0.15) is 11.4 Å². The van der Waals surface area contributed by atoms with Crippen LogP contribution in [0.15, 0.2) is 6.20 Å². The van der Waals surface area contributed by atoms with Gasteiger partial charge in [-0.1, -0.05) is 0 Å². The van der Waals surface area contributed by atoms with Gasteiger partial charge in [0.2, 0.25) is 0 Å². The zero-order valence-electron chi connectivity index (χ0n) is 12.5. The summed E-state index contributed by atoms with van der Waals surface area (Å²) in [6.45, 7) is 6.43. The highest BCUT2D eigenvalue weighted by Gasteiger charge is 2.33. The largest absolute Gasteiger partial charge is 0.444 e. The van der Waals surface area contributed by atoms with Gasteiger partial charge in [0, 0.05) is 13.6 Å². The Labute approximate surface area is 133 Å². The van der Waals surface area contributed by atoms with Crippen molar-refractivity contribution in [3.05, 3.63) is 15.7 Å². The lowest BCUT2D eigenvalue weighted by Gasteiger charge is -2.36. The molecule has 1 aromatic rings. The van der Waals surface area contributed by atoms with Crippen molar-refractivity contribution in [1.82, 2.24) is 14.5 Å². The summed E-state index contributed by atoms with van der Waals surface area (Å²) in [6, 6.07) is 0.0205. The third-order valence-electron chi connectivity index (χ3n) is 3.40. The summed E-state index contributed by atoms with van der Waals surface area (Å²) >= 11 is 2.25. The number of ether oxygens (including phenoxy) is 1. The number of amides is 1. The van der Waals surface area contributed by atoms with Gasteiger partial charge in [-0.25, -0.2) is 9.78 Å². The third-order valence-corrected chi connectivity index (χ3v) is 4.40. The van der Waals surface area contributed by atoms with Crippen molar-refractivity contribution in [2.24, 2.45) is 7.05 Å². The Morgan fingerprint density at radius 1 is 1.45 bits per heavy atom. The van der Waals surface area contributed by atoms with E-state index in [2.05, 4.69) is 27.6 Å². The number of likely N-dealkylation sites (tertiary alicyclic amines) is 1. The fourth-order valence-corrected chi connectivity index (χ4v) is 2.84. The number of nitrogens with zero attached hydrogens (tertiary/aromatic N) is 3. The molecule has 1 aliphatic rings. The van der Waals surface area contributed by atoms with E-state index in [1.807, 2.05) is 43.5 Å². The second-order valence-electron chi connectivity index (χ2n) is 6.18. The fraction of sp³-hybridized carbons (Fsp3) is 0.714. The van der Waals surface area contributed by atoms with E-state index < -0.39 is 5.60 Å². The number of aromatic nitrogens is 2. The van der Waals surface area contributed by atoms with Gasteiger partial charge in [-0.3, -0.25) is 4.90 Å². The number of rotatable bonds is 1. The number of hydrogen-bond acceptors (Lipinski definition) is 3. The highest BCUT2D eigenvalue weighted by atomic mass is 127. The van der Waals surface area contributed by atoms with E-state index >= 15 is 0 Å². The van der Waals surface area contributed by atoms with E-state index in [4.69, 9.17) is 4.74 Å². The Bertz CT molecular complexity index is 493. The molecule has 112 valence electrons. The van der Waals surface area contributed by atoms with Crippen LogP contribution in [0.1, 0.15) is 51.9 Å². The summed E-state index contributed by atoms with van der Waals surface area (Å²) < 4.78 is 8.65. The minimum Gasteiger partial charge on any atom is -0.444 e. The molecular formula is C14H22IN3O2. The van der Waals surface area contributed by atoms with E-state index in [-0.39, 0.29) is 12.1 Å². The molecule has 0 aliphatic carbocycles. The average Bonchev–Trinajstić information content (AvgIpc) is 2.68. The molecular weight excluding hydrogens is 369 g/mol. The van der Waals surface area contributed by atoms with E-state index in [0.29, 0.717) is 0 Å². The molecule has 1 amide bonds. The molecule has 5 nitrogen and oxygen atoms in total. The van der Waals surface area contributed by atoms with Crippen LogP contribution in [0.4, 0.5) is 4.79 Å². The molecule has 1 unspecified atom stereocenters.